The highest BCUT2D eigenvalue weighted by Crippen LogP contribution is 2.34. The molecule has 0 saturated carbocycles. The Bertz CT molecular complexity index is 734. The van der Waals surface area contributed by atoms with Crippen LogP contribution in [0, 0.1) is 6.92 Å². The largest absolute Gasteiger partial charge is 0.496 e. The summed E-state index contributed by atoms with van der Waals surface area (Å²) in [6.45, 7) is 6.35. The second-order valence-corrected chi connectivity index (χ2v) is 7.27. The molecule has 0 aliphatic rings. The molecule has 2 N–H and O–H groups in total. The van der Waals surface area contributed by atoms with Crippen LogP contribution in [0.3, 0.4) is 0 Å². The lowest BCUT2D eigenvalue weighted by atomic mass is 10.1. The molecule has 2 rings (SSSR count). The fourth-order valence-corrected chi connectivity index (χ4v) is 3.51. The Morgan fingerprint density at radius 2 is 1.74 bits per heavy atom. The molecule has 0 amide bonds. The molecule has 0 radical (unpaired) electrons. The van der Waals surface area contributed by atoms with Gasteiger partial charge in [-0.2, -0.15) is 0 Å². The monoisotopic (exact) mass is 391 g/mol. The molecule has 0 fully saturated rings. The first-order valence-corrected chi connectivity index (χ1v) is 9.79. The van der Waals surface area contributed by atoms with Crippen molar-refractivity contribution < 1.29 is 14.2 Å². The second-order valence-electron chi connectivity index (χ2n) is 5.89. The number of rotatable bonds is 9. The zero-order valence-electron chi connectivity index (χ0n) is 16.7. The zero-order valence-corrected chi connectivity index (χ0v) is 17.5. The molecule has 0 bridgehead atoms. The van der Waals surface area contributed by atoms with E-state index in [1.165, 1.54) is 9.75 Å². The van der Waals surface area contributed by atoms with Gasteiger partial charge in [-0.3, -0.25) is 0 Å². The Balaban J connectivity index is 2.03. The third-order valence-corrected chi connectivity index (χ3v) is 5.00. The van der Waals surface area contributed by atoms with Gasteiger partial charge in [0.2, 0.25) is 0 Å². The molecule has 0 spiro atoms. The molecule has 0 aliphatic carbocycles. The van der Waals surface area contributed by atoms with Crippen molar-refractivity contribution in [3.63, 3.8) is 0 Å². The lowest BCUT2D eigenvalue weighted by Gasteiger charge is -2.16. The lowest BCUT2D eigenvalue weighted by molar-refractivity contribution is 0.368. The number of hydrogen-bond acceptors (Lipinski definition) is 5. The number of thiophene rings is 1. The maximum atomic E-state index is 5.51. The van der Waals surface area contributed by atoms with Crippen LogP contribution in [0.5, 0.6) is 17.2 Å². The molecular formula is C20H29N3O3S. The highest BCUT2D eigenvalue weighted by molar-refractivity contribution is 7.11. The van der Waals surface area contributed by atoms with Crippen LogP contribution >= 0.6 is 11.3 Å². The maximum absolute atomic E-state index is 5.51. The molecule has 6 nitrogen and oxygen atoms in total. The van der Waals surface area contributed by atoms with E-state index in [1.807, 2.05) is 12.1 Å². The summed E-state index contributed by atoms with van der Waals surface area (Å²) in [7, 11) is 4.93. The van der Waals surface area contributed by atoms with Gasteiger partial charge in [-0.25, -0.2) is 4.99 Å². The normalized spacial score (nSPS) is 11.2. The van der Waals surface area contributed by atoms with Crippen molar-refractivity contribution in [1.82, 2.24) is 10.6 Å². The number of aliphatic imine (C=N–C) groups is 1. The second kappa shape index (κ2) is 10.7. The van der Waals surface area contributed by atoms with E-state index in [0.717, 1.165) is 36.0 Å². The topological polar surface area (TPSA) is 64.1 Å². The summed E-state index contributed by atoms with van der Waals surface area (Å²) >= 11 is 1.77. The van der Waals surface area contributed by atoms with Gasteiger partial charge in [0.15, 0.2) is 5.96 Å². The molecule has 1 aromatic carbocycles. The van der Waals surface area contributed by atoms with E-state index in [4.69, 9.17) is 14.2 Å². The number of methoxy groups -OCH3 is 3. The standard InChI is InChI=1S/C20H29N3O3S/c1-6-21-20(23-13-16-8-7-14(2)27-16)22-10-9-17-18(25-4)11-15(24-3)12-19(17)26-5/h7-8,11-12H,6,9-10,13H2,1-5H3,(H2,21,22,23). The average Bonchev–Trinajstić information content (AvgIpc) is 3.10. The number of guanidine groups is 1. The van der Waals surface area contributed by atoms with E-state index in [9.17, 15) is 0 Å². The minimum Gasteiger partial charge on any atom is -0.496 e. The Morgan fingerprint density at radius 1 is 1.04 bits per heavy atom. The van der Waals surface area contributed by atoms with E-state index < -0.39 is 0 Å². The van der Waals surface area contributed by atoms with E-state index in [-0.39, 0.29) is 0 Å². The molecule has 1 aromatic heterocycles. The van der Waals surface area contributed by atoms with Gasteiger partial charge in [-0.05, 0) is 32.4 Å². The highest BCUT2D eigenvalue weighted by atomic mass is 32.1. The SMILES string of the molecule is CCNC(=NCc1ccc(C)s1)NCCc1c(OC)cc(OC)cc1OC. The molecule has 1 heterocycles. The molecule has 27 heavy (non-hydrogen) atoms. The Kier molecular flexibility index (Phi) is 8.26. The number of aryl methyl sites for hydroxylation is 1. The number of nitrogens with zero attached hydrogens (tertiary/aromatic N) is 1. The molecule has 148 valence electrons. The van der Waals surface area contributed by atoms with E-state index in [0.29, 0.717) is 18.8 Å². The zero-order chi connectivity index (χ0) is 19.6. The first-order chi connectivity index (χ1) is 13.1. The van der Waals surface area contributed by atoms with Crippen LogP contribution < -0.4 is 24.8 Å². The Labute approximate surface area is 165 Å². The van der Waals surface area contributed by atoms with Gasteiger partial charge >= 0.3 is 0 Å². The van der Waals surface area contributed by atoms with Crippen molar-refractivity contribution in [2.45, 2.75) is 26.8 Å². The summed E-state index contributed by atoms with van der Waals surface area (Å²) < 4.78 is 16.3. The minimum absolute atomic E-state index is 0.670. The first kappa shape index (κ1) is 20.9. The van der Waals surface area contributed by atoms with Crippen molar-refractivity contribution in [3.05, 3.63) is 39.6 Å². The molecule has 7 heteroatoms. The van der Waals surface area contributed by atoms with Crippen LogP contribution in [-0.2, 0) is 13.0 Å². The van der Waals surface area contributed by atoms with Crippen molar-refractivity contribution in [3.8, 4) is 17.2 Å². The van der Waals surface area contributed by atoms with Crippen LogP contribution in [0.4, 0.5) is 0 Å². The summed E-state index contributed by atoms with van der Waals surface area (Å²) in [6.07, 6.45) is 0.735. The van der Waals surface area contributed by atoms with Gasteiger partial charge in [0, 0.05) is 40.5 Å². The van der Waals surface area contributed by atoms with Gasteiger partial charge in [0.25, 0.3) is 0 Å². The quantitative estimate of drug-likeness (QED) is 0.507. The molecule has 0 saturated heterocycles. The number of hydrogen-bond donors (Lipinski definition) is 2. The lowest BCUT2D eigenvalue weighted by Crippen LogP contribution is -2.38. The van der Waals surface area contributed by atoms with Gasteiger partial charge in [0.1, 0.15) is 17.2 Å². The van der Waals surface area contributed by atoms with Crippen LogP contribution in [-0.4, -0.2) is 40.4 Å². The third kappa shape index (κ3) is 6.06. The van der Waals surface area contributed by atoms with Gasteiger partial charge in [-0.15, -0.1) is 11.3 Å². The van der Waals surface area contributed by atoms with Crippen molar-refractivity contribution >= 4 is 17.3 Å². The van der Waals surface area contributed by atoms with Crippen molar-refractivity contribution in [1.29, 1.82) is 0 Å². The molecule has 0 unspecified atom stereocenters. The van der Waals surface area contributed by atoms with E-state index >= 15 is 0 Å². The summed E-state index contributed by atoms with van der Waals surface area (Å²) in [5, 5.41) is 6.66. The van der Waals surface area contributed by atoms with Gasteiger partial charge in [0.05, 0.1) is 27.9 Å². The number of benzene rings is 1. The molecular weight excluding hydrogens is 362 g/mol. The minimum atomic E-state index is 0.670. The Morgan fingerprint density at radius 3 is 2.26 bits per heavy atom. The number of ether oxygens (including phenoxy) is 3. The highest BCUT2D eigenvalue weighted by Gasteiger charge is 2.13. The summed E-state index contributed by atoms with van der Waals surface area (Å²) in [6, 6.07) is 7.99. The smallest absolute Gasteiger partial charge is 0.191 e. The average molecular weight is 392 g/mol. The van der Waals surface area contributed by atoms with E-state index in [1.54, 1.807) is 32.7 Å². The van der Waals surface area contributed by atoms with Gasteiger partial charge < -0.3 is 24.8 Å². The first-order valence-electron chi connectivity index (χ1n) is 8.97. The predicted molar refractivity (Wildman–Crippen MR) is 112 cm³/mol. The fourth-order valence-electron chi connectivity index (χ4n) is 2.70. The van der Waals surface area contributed by atoms with Gasteiger partial charge in [-0.1, -0.05) is 0 Å². The van der Waals surface area contributed by atoms with Crippen LogP contribution in [0.2, 0.25) is 0 Å². The van der Waals surface area contributed by atoms with Crippen LogP contribution in [0.25, 0.3) is 0 Å². The summed E-state index contributed by atoms with van der Waals surface area (Å²) in [5.41, 5.74) is 0.998. The molecule has 2 aromatic rings. The Hall–Kier alpha value is -2.41. The molecule has 0 atom stereocenters. The molecule has 0 aliphatic heterocycles. The van der Waals surface area contributed by atoms with Crippen molar-refractivity contribution in [2.24, 2.45) is 4.99 Å². The van der Waals surface area contributed by atoms with Crippen LogP contribution in [0.15, 0.2) is 29.3 Å². The van der Waals surface area contributed by atoms with Crippen LogP contribution in [0.1, 0.15) is 22.2 Å². The maximum Gasteiger partial charge on any atom is 0.191 e. The summed E-state index contributed by atoms with van der Waals surface area (Å²) in [4.78, 5) is 7.22. The predicted octanol–water partition coefficient (Wildman–Crippen LogP) is 3.38. The van der Waals surface area contributed by atoms with Crippen molar-refractivity contribution in [2.75, 3.05) is 34.4 Å². The fraction of sp³-hybridized carbons (Fsp3) is 0.450. The third-order valence-electron chi connectivity index (χ3n) is 4.02. The number of nitrogens with one attached hydrogen (secondary N) is 2. The summed E-state index contributed by atoms with van der Waals surface area (Å²) in [5.74, 6) is 3.02. The van der Waals surface area contributed by atoms with E-state index in [2.05, 4.69) is 41.6 Å².